The van der Waals surface area contributed by atoms with Gasteiger partial charge in [-0.05, 0) is 12.3 Å². The maximum Gasteiger partial charge on any atom is 0.241 e. The van der Waals surface area contributed by atoms with E-state index in [2.05, 4.69) is 35.9 Å². The van der Waals surface area contributed by atoms with E-state index >= 15 is 0 Å². The van der Waals surface area contributed by atoms with Gasteiger partial charge in [-0.2, -0.15) is 11.8 Å². The van der Waals surface area contributed by atoms with Gasteiger partial charge in [0.05, 0.1) is 12.2 Å². The summed E-state index contributed by atoms with van der Waals surface area (Å²) in [6.45, 7) is 10.7. The SMILES string of the molecule is CCCC1NC(C(C)C)C(=O)N1CCN1CCSCC1. The summed E-state index contributed by atoms with van der Waals surface area (Å²) in [5.41, 5.74) is 0. The second kappa shape index (κ2) is 7.66. The van der Waals surface area contributed by atoms with Gasteiger partial charge in [0, 0.05) is 37.7 Å². The van der Waals surface area contributed by atoms with Crippen molar-refractivity contribution in [2.24, 2.45) is 5.92 Å². The molecular weight excluding hydrogens is 270 g/mol. The van der Waals surface area contributed by atoms with Gasteiger partial charge < -0.3 is 4.90 Å². The predicted molar refractivity (Wildman–Crippen MR) is 85.9 cm³/mol. The summed E-state index contributed by atoms with van der Waals surface area (Å²) < 4.78 is 0. The van der Waals surface area contributed by atoms with Crippen LogP contribution in [0, 0.1) is 5.92 Å². The van der Waals surface area contributed by atoms with E-state index in [0.29, 0.717) is 11.8 Å². The largest absolute Gasteiger partial charge is 0.325 e. The molecule has 2 unspecified atom stereocenters. The highest BCUT2D eigenvalue weighted by Gasteiger charge is 2.39. The Kier molecular flexibility index (Phi) is 6.18. The molecule has 2 fully saturated rings. The summed E-state index contributed by atoms with van der Waals surface area (Å²) in [4.78, 5) is 17.1. The monoisotopic (exact) mass is 299 g/mol. The molecule has 2 rings (SSSR count). The van der Waals surface area contributed by atoms with Gasteiger partial charge in [0.15, 0.2) is 0 Å². The first kappa shape index (κ1) is 16.1. The number of thioether (sulfide) groups is 1. The Morgan fingerprint density at radius 1 is 1.30 bits per heavy atom. The smallest absolute Gasteiger partial charge is 0.241 e. The van der Waals surface area contributed by atoms with Crippen molar-refractivity contribution in [2.75, 3.05) is 37.7 Å². The Bertz CT molecular complexity index is 318. The fraction of sp³-hybridized carbons (Fsp3) is 0.933. The van der Waals surface area contributed by atoms with Gasteiger partial charge in [-0.25, -0.2) is 0 Å². The Hall–Kier alpha value is -0.260. The van der Waals surface area contributed by atoms with Crippen LogP contribution in [0.3, 0.4) is 0 Å². The zero-order chi connectivity index (χ0) is 14.5. The van der Waals surface area contributed by atoms with E-state index in [1.54, 1.807) is 0 Å². The average molecular weight is 299 g/mol. The van der Waals surface area contributed by atoms with Crippen molar-refractivity contribution in [2.45, 2.75) is 45.8 Å². The van der Waals surface area contributed by atoms with Crippen LogP contribution in [0.5, 0.6) is 0 Å². The highest BCUT2D eigenvalue weighted by atomic mass is 32.2. The van der Waals surface area contributed by atoms with Gasteiger partial charge in [-0.15, -0.1) is 0 Å². The van der Waals surface area contributed by atoms with Crippen LogP contribution in [-0.2, 0) is 4.79 Å². The van der Waals surface area contributed by atoms with Crippen molar-refractivity contribution in [3.63, 3.8) is 0 Å². The standard InChI is InChI=1S/C15H29N3OS/c1-4-5-13-16-14(12(2)3)15(19)18(13)7-6-17-8-10-20-11-9-17/h12-14,16H,4-11H2,1-3H3. The molecule has 2 aliphatic heterocycles. The number of hydrogen-bond donors (Lipinski definition) is 1. The maximum atomic E-state index is 12.5. The van der Waals surface area contributed by atoms with Gasteiger partial charge in [-0.3, -0.25) is 15.0 Å². The molecule has 2 atom stereocenters. The van der Waals surface area contributed by atoms with Crippen LogP contribution in [0.25, 0.3) is 0 Å². The van der Waals surface area contributed by atoms with Crippen LogP contribution in [0.15, 0.2) is 0 Å². The fourth-order valence-electron chi connectivity index (χ4n) is 3.03. The number of hydrogen-bond acceptors (Lipinski definition) is 4. The molecule has 20 heavy (non-hydrogen) atoms. The third kappa shape index (κ3) is 3.89. The lowest BCUT2D eigenvalue weighted by Gasteiger charge is -2.30. The van der Waals surface area contributed by atoms with Gasteiger partial charge in [0.25, 0.3) is 0 Å². The highest BCUT2D eigenvalue weighted by molar-refractivity contribution is 7.99. The molecule has 0 aromatic rings. The zero-order valence-corrected chi connectivity index (χ0v) is 13.9. The maximum absolute atomic E-state index is 12.5. The lowest BCUT2D eigenvalue weighted by Crippen LogP contribution is -2.44. The van der Waals surface area contributed by atoms with Gasteiger partial charge >= 0.3 is 0 Å². The van der Waals surface area contributed by atoms with Crippen LogP contribution in [-0.4, -0.2) is 65.6 Å². The number of rotatable bonds is 6. The second-order valence-corrected chi connectivity index (χ2v) is 7.40. The van der Waals surface area contributed by atoms with Crippen molar-refractivity contribution in [3.05, 3.63) is 0 Å². The molecule has 2 aliphatic rings. The number of carbonyl (C=O) groups excluding carboxylic acids is 1. The summed E-state index contributed by atoms with van der Waals surface area (Å²) in [6.07, 6.45) is 2.43. The molecule has 0 saturated carbocycles. The van der Waals surface area contributed by atoms with Crippen molar-refractivity contribution >= 4 is 17.7 Å². The molecule has 0 bridgehead atoms. The first-order valence-corrected chi connectivity index (χ1v) is 9.15. The molecule has 2 saturated heterocycles. The van der Waals surface area contributed by atoms with Crippen LogP contribution in [0.1, 0.15) is 33.6 Å². The Morgan fingerprint density at radius 3 is 2.60 bits per heavy atom. The topological polar surface area (TPSA) is 35.6 Å². The van der Waals surface area contributed by atoms with Crippen molar-refractivity contribution in [3.8, 4) is 0 Å². The zero-order valence-electron chi connectivity index (χ0n) is 13.1. The summed E-state index contributed by atoms with van der Waals surface area (Å²) in [5, 5.41) is 3.53. The van der Waals surface area contributed by atoms with Crippen molar-refractivity contribution in [1.82, 2.24) is 15.1 Å². The third-order valence-corrected chi connectivity index (χ3v) is 5.23. The summed E-state index contributed by atoms with van der Waals surface area (Å²) in [5.74, 6) is 3.15. The molecule has 0 spiro atoms. The first-order chi connectivity index (χ1) is 9.63. The molecule has 0 aromatic carbocycles. The van der Waals surface area contributed by atoms with E-state index in [0.717, 1.165) is 25.9 Å². The molecule has 116 valence electrons. The number of carbonyl (C=O) groups is 1. The minimum Gasteiger partial charge on any atom is -0.325 e. The quantitative estimate of drug-likeness (QED) is 0.808. The molecule has 2 heterocycles. The highest BCUT2D eigenvalue weighted by Crippen LogP contribution is 2.20. The van der Waals surface area contributed by atoms with Crippen LogP contribution in [0.4, 0.5) is 0 Å². The molecule has 0 aliphatic carbocycles. The van der Waals surface area contributed by atoms with Gasteiger partial charge in [0.1, 0.15) is 0 Å². The molecule has 4 nitrogen and oxygen atoms in total. The fourth-order valence-corrected chi connectivity index (χ4v) is 4.01. The second-order valence-electron chi connectivity index (χ2n) is 6.18. The summed E-state index contributed by atoms with van der Waals surface area (Å²) in [6, 6.07) is 0.0171. The normalized spacial score (nSPS) is 28.6. The van der Waals surface area contributed by atoms with E-state index in [1.807, 2.05) is 11.8 Å². The molecule has 1 amide bonds. The minimum absolute atomic E-state index is 0.0171. The molecule has 0 radical (unpaired) electrons. The number of amides is 1. The van der Waals surface area contributed by atoms with Crippen LogP contribution >= 0.6 is 11.8 Å². The average Bonchev–Trinajstić information content (AvgIpc) is 2.75. The van der Waals surface area contributed by atoms with Gasteiger partial charge in [-0.1, -0.05) is 27.2 Å². The summed E-state index contributed by atoms with van der Waals surface area (Å²) in [7, 11) is 0. The van der Waals surface area contributed by atoms with Crippen LogP contribution < -0.4 is 5.32 Å². The number of nitrogens with zero attached hydrogens (tertiary/aromatic N) is 2. The van der Waals surface area contributed by atoms with Crippen molar-refractivity contribution < 1.29 is 4.79 Å². The van der Waals surface area contributed by atoms with Gasteiger partial charge in [0.2, 0.25) is 5.91 Å². The summed E-state index contributed by atoms with van der Waals surface area (Å²) >= 11 is 2.04. The Labute approximate surface area is 127 Å². The molecular formula is C15H29N3OS. The predicted octanol–water partition coefficient (Wildman–Crippen LogP) is 1.62. The van der Waals surface area contributed by atoms with Crippen LogP contribution in [0.2, 0.25) is 0 Å². The Morgan fingerprint density at radius 2 is 2.00 bits per heavy atom. The van der Waals surface area contributed by atoms with Crippen molar-refractivity contribution in [1.29, 1.82) is 0 Å². The third-order valence-electron chi connectivity index (χ3n) is 4.29. The van der Waals surface area contributed by atoms with E-state index in [9.17, 15) is 4.79 Å². The Balaban J connectivity index is 1.90. The lowest BCUT2D eigenvalue weighted by molar-refractivity contribution is -0.131. The molecule has 5 heteroatoms. The van der Waals surface area contributed by atoms with E-state index < -0.39 is 0 Å². The number of nitrogens with one attached hydrogen (secondary N) is 1. The lowest BCUT2D eigenvalue weighted by atomic mass is 10.1. The first-order valence-electron chi connectivity index (χ1n) is 8.00. The van der Waals surface area contributed by atoms with E-state index in [-0.39, 0.29) is 12.2 Å². The molecule has 0 aromatic heterocycles. The van der Waals surface area contributed by atoms with E-state index in [1.165, 1.54) is 24.6 Å². The van der Waals surface area contributed by atoms with E-state index in [4.69, 9.17) is 0 Å². The molecule has 1 N–H and O–H groups in total. The minimum atomic E-state index is 0.0171.